The van der Waals surface area contributed by atoms with E-state index in [1.165, 1.54) is 23.9 Å². The van der Waals surface area contributed by atoms with E-state index in [9.17, 15) is 9.18 Å². The lowest BCUT2D eigenvalue weighted by atomic mass is 9.94. The van der Waals surface area contributed by atoms with E-state index in [4.69, 9.17) is 0 Å². The molecule has 1 saturated heterocycles. The highest BCUT2D eigenvalue weighted by Crippen LogP contribution is 2.35. The van der Waals surface area contributed by atoms with Crippen molar-refractivity contribution in [3.8, 4) is 0 Å². The summed E-state index contributed by atoms with van der Waals surface area (Å²) in [7, 11) is 0. The van der Waals surface area contributed by atoms with Gasteiger partial charge in [0.25, 0.3) is 5.91 Å². The third kappa shape index (κ3) is 2.65. The van der Waals surface area contributed by atoms with Gasteiger partial charge < -0.3 is 4.90 Å². The summed E-state index contributed by atoms with van der Waals surface area (Å²) in [4.78, 5) is 18.7. The molecule has 3 rings (SSSR count). The van der Waals surface area contributed by atoms with Crippen LogP contribution in [0.1, 0.15) is 28.4 Å². The van der Waals surface area contributed by atoms with Crippen LogP contribution in [0.15, 0.2) is 47.6 Å². The number of thioether (sulfide) groups is 1. The molecule has 0 radical (unpaired) electrons. The van der Waals surface area contributed by atoms with Crippen molar-refractivity contribution in [2.45, 2.75) is 17.5 Å². The third-order valence-electron chi connectivity index (χ3n) is 3.73. The van der Waals surface area contributed by atoms with Gasteiger partial charge in [0.1, 0.15) is 10.8 Å². The van der Waals surface area contributed by atoms with Gasteiger partial charge in [0.15, 0.2) is 0 Å². The summed E-state index contributed by atoms with van der Waals surface area (Å²) in [5, 5.41) is 0.743. The molecule has 108 valence electrons. The second-order valence-corrected chi connectivity index (χ2v) is 5.71. The van der Waals surface area contributed by atoms with Crippen molar-refractivity contribution in [1.82, 2.24) is 9.88 Å². The summed E-state index contributed by atoms with van der Waals surface area (Å²) in [5.74, 6) is -0.263. The SMILES string of the molecule is CSc1ncccc1C(=O)N1CC[C@H]1c1ccc(F)cc1. The van der Waals surface area contributed by atoms with Crippen molar-refractivity contribution in [1.29, 1.82) is 0 Å². The second kappa shape index (κ2) is 5.85. The number of benzene rings is 1. The van der Waals surface area contributed by atoms with Gasteiger partial charge in [0, 0.05) is 12.7 Å². The predicted molar refractivity (Wildman–Crippen MR) is 80.8 cm³/mol. The van der Waals surface area contributed by atoms with Crippen molar-refractivity contribution in [3.63, 3.8) is 0 Å². The zero-order valence-corrected chi connectivity index (χ0v) is 12.4. The number of hydrogen-bond acceptors (Lipinski definition) is 3. The van der Waals surface area contributed by atoms with Crippen LogP contribution in [0.4, 0.5) is 4.39 Å². The Kier molecular flexibility index (Phi) is 3.92. The highest BCUT2D eigenvalue weighted by molar-refractivity contribution is 7.98. The summed E-state index contributed by atoms with van der Waals surface area (Å²) in [6.45, 7) is 0.726. The number of amides is 1. The van der Waals surface area contributed by atoms with Gasteiger partial charge in [-0.1, -0.05) is 12.1 Å². The molecule has 3 nitrogen and oxygen atoms in total. The molecular weight excluding hydrogens is 287 g/mol. The number of halogens is 1. The molecule has 0 aliphatic carbocycles. The van der Waals surface area contributed by atoms with Crippen LogP contribution in [0, 0.1) is 5.82 Å². The summed E-state index contributed by atoms with van der Waals surface area (Å²) >= 11 is 1.47. The summed E-state index contributed by atoms with van der Waals surface area (Å²) in [6, 6.07) is 9.99. The first-order valence-electron chi connectivity index (χ1n) is 6.76. The molecule has 1 aromatic carbocycles. The van der Waals surface area contributed by atoms with Crippen LogP contribution >= 0.6 is 11.8 Å². The monoisotopic (exact) mass is 302 g/mol. The molecule has 1 aliphatic rings. The highest BCUT2D eigenvalue weighted by Gasteiger charge is 2.34. The van der Waals surface area contributed by atoms with E-state index in [0.29, 0.717) is 5.56 Å². The molecule has 2 heterocycles. The van der Waals surface area contributed by atoms with Gasteiger partial charge in [0.05, 0.1) is 11.6 Å². The molecule has 2 aromatic rings. The Balaban J connectivity index is 1.84. The molecule has 0 N–H and O–H groups in total. The van der Waals surface area contributed by atoms with Crippen LogP contribution in [0.5, 0.6) is 0 Å². The topological polar surface area (TPSA) is 33.2 Å². The quantitative estimate of drug-likeness (QED) is 0.813. The average Bonchev–Trinajstić information content (AvgIpc) is 2.48. The number of likely N-dealkylation sites (tertiary alicyclic amines) is 1. The number of pyridine rings is 1. The first-order chi connectivity index (χ1) is 10.2. The number of nitrogens with zero attached hydrogens (tertiary/aromatic N) is 2. The van der Waals surface area contributed by atoms with Crippen molar-refractivity contribution >= 4 is 17.7 Å². The van der Waals surface area contributed by atoms with Gasteiger partial charge in [-0.2, -0.15) is 0 Å². The Hall–Kier alpha value is -1.88. The molecule has 0 unspecified atom stereocenters. The number of hydrogen-bond donors (Lipinski definition) is 0. The summed E-state index contributed by atoms with van der Waals surface area (Å²) in [5.41, 5.74) is 1.61. The van der Waals surface area contributed by atoms with E-state index < -0.39 is 0 Å². The van der Waals surface area contributed by atoms with Crippen LogP contribution in [0.3, 0.4) is 0 Å². The molecule has 1 aromatic heterocycles. The molecule has 1 amide bonds. The molecule has 0 saturated carbocycles. The number of carbonyl (C=O) groups excluding carboxylic acids is 1. The Morgan fingerprint density at radius 3 is 2.71 bits per heavy atom. The molecule has 0 spiro atoms. The van der Waals surface area contributed by atoms with Gasteiger partial charge in [-0.25, -0.2) is 9.37 Å². The zero-order chi connectivity index (χ0) is 14.8. The Morgan fingerprint density at radius 1 is 1.33 bits per heavy atom. The normalized spacial score (nSPS) is 17.4. The first-order valence-corrected chi connectivity index (χ1v) is 7.98. The number of carbonyl (C=O) groups is 1. The van der Waals surface area contributed by atoms with E-state index >= 15 is 0 Å². The Labute approximate surface area is 127 Å². The molecule has 21 heavy (non-hydrogen) atoms. The molecule has 1 fully saturated rings. The van der Waals surface area contributed by atoms with Crippen LogP contribution < -0.4 is 0 Å². The lowest BCUT2D eigenvalue weighted by molar-refractivity contribution is 0.0456. The number of rotatable bonds is 3. The Bertz CT molecular complexity index is 660. The van der Waals surface area contributed by atoms with Crippen molar-refractivity contribution < 1.29 is 9.18 Å². The fourth-order valence-electron chi connectivity index (χ4n) is 2.53. The lowest BCUT2D eigenvalue weighted by Gasteiger charge is -2.41. The molecule has 1 atom stereocenters. The van der Waals surface area contributed by atoms with E-state index in [-0.39, 0.29) is 17.8 Å². The van der Waals surface area contributed by atoms with Crippen LogP contribution in [0.2, 0.25) is 0 Å². The third-order valence-corrected chi connectivity index (χ3v) is 4.44. The fourth-order valence-corrected chi connectivity index (χ4v) is 3.07. The number of aromatic nitrogens is 1. The van der Waals surface area contributed by atoms with E-state index in [2.05, 4.69) is 4.98 Å². The van der Waals surface area contributed by atoms with Gasteiger partial charge in [-0.3, -0.25) is 4.79 Å². The van der Waals surface area contributed by atoms with E-state index in [0.717, 1.165) is 23.6 Å². The lowest BCUT2D eigenvalue weighted by Crippen LogP contribution is -2.45. The minimum Gasteiger partial charge on any atom is -0.331 e. The maximum absolute atomic E-state index is 13.0. The molecule has 0 bridgehead atoms. The predicted octanol–water partition coefficient (Wildman–Crippen LogP) is 3.53. The van der Waals surface area contributed by atoms with Crippen LogP contribution in [0.25, 0.3) is 0 Å². The van der Waals surface area contributed by atoms with Gasteiger partial charge in [0.2, 0.25) is 0 Å². The van der Waals surface area contributed by atoms with Crippen molar-refractivity contribution in [2.24, 2.45) is 0 Å². The largest absolute Gasteiger partial charge is 0.331 e. The smallest absolute Gasteiger partial charge is 0.257 e. The Morgan fingerprint density at radius 2 is 2.10 bits per heavy atom. The van der Waals surface area contributed by atoms with Gasteiger partial charge in [-0.05, 0) is 42.5 Å². The van der Waals surface area contributed by atoms with Gasteiger partial charge >= 0.3 is 0 Å². The first kappa shape index (κ1) is 14.1. The minimum absolute atomic E-state index is 0.00646. The molecular formula is C16H15FN2OS. The molecule has 1 aliphatic heterocycles. The van der Waals surface area contributed by atoms with Gasteiger partial charge in [-0.15, -0.1) is 11.8 Å². The maximum Gasteiger partial charge on any atom is 0.257 e. The summed E-state index contributed by atoms with van der Waals surface area (Å²) < 4.78 is 13.0. The minimum atomic E-state index is -0.257. The maximum atomic E-state index is 13.0. The van der Waals surface area contributed by atoms with Crippen LogP contribution in [-0.4, -0.2) is 28.6 Å². The van der Waals surface area contributed by atoms with E-state index in [1.807, 2.05) is 11.2 Å². The molecule has 5 heteroatoms. The fraction of sp³-hybridized carbons (Fsp3) is 0.250. The average molecular weight is 302 g/mol. The van der Waals surface area contributed by atoms with Crippen molar-refractivity contribution in [2.75, 3.05) is 12.8 Å². The second-order valence-electron chi connectivity index (χ2n) is 4.91. The highest BCUT2D eigenvalue weighted by atomic mass is 32.2. The summed E-state index contributed by atoms with van der Waals surface area (Å²) in [6.07, 6.45) is 4.51. The zero-order valence-electron chi connectivity index (χ0n) is 11.6. The standard InChI is InChI=1S/C16H15FN2OS/c1-21-15-13(3-2-9-18-15)16(20)19-10-8-14(19)11-4-6-12(17)7-5-11/h2-7,9,14H,8,10H2,1H3/t14-/m0/s1. The van der Waals surface area contributed by atoms with Crippen molar-refractivity contribution in [3.05, 3.63) is 59.5 Å². The van der Waals surface area contributed by atoms with Crippen LogP contribution in [-0.2, 0) is 0 Å². The van der Waals surface area contributed by atoms with E-state index in [1.54, 1.807) is 30.5 Å².